The molecule has 0 aliphatic rings. The molecule has 0 fully saturated rings. The molecule has 2 N–H and O–H groups in total. The molecule has 0 heterocycles. The van der Waals surface area contributed by atoms with Crippen molar-refractivity contribution in [2.24, 2.45) is 0 Å². The monoisotopic (exact) mass is 344 g/mol. The fourth-order valence-corrected chi connectivity index (χ4v) is 2.26. The van der Waals surface area contributed by atoms with Gasteiger partial charge in [0.25, 0.3) is 5.91 Å². The molecular weight excluding hydrogens is 323 g/mol. The number of hydrogen-bond donors (Lipinski definition) is 2. The number of rotatable bonds is 7. The SMILES string of the molecule is CCOc1ccc(C(=O)NCC(=O)NC(C)c2ccc(F)cc2)cc1. The molecule has 2 amide bonds. The maximum Gasteiger partial charge on any atom is 0.251 e. The van der Waals surface area contributed by atoms with E-state index in [4.69, 9.17) is 4.74 Å². The van der Waals surface area contributed by atoms with Crippen LogP contribution in [0.1, 0.15) is 35.8 Å². The van der Waals surface area contributed by atoms with Crippen LogP contribution in [0.25, 0.3) is 0 Å². The molecular formula is C19H21FN2O3. The summed E-state index contributed by atoms with van der Waals surface area (Å²) < 4.78 is 18.2. The minimum Gasteiger partial charge on any atom is -0.494 e. The van der Waals surface area contributed by atoms with Crippen molar-refractivity contribution in [1.82, 2.24) is 10.6 Å². The van der Waals surface area contributed by atoms with Gasteiger partial charge < -0.3 is 15.4 Å². The Morgan fingerprint density at radius 2 is 1.72 bits per heavy atom. The van der Waals surface area contributed by atoms with E-state index in [1.807, 2.05) is 6.92 Å². The lowest BCUT2D eigenvalue weighted by Crippen LogP contribution is -2.38. The molecule has 2 aromatic rings. The number of benzene rings is 2. The normalized spacial score (nSPS) is 11.5. The molecule has 0 aliphatic heterocycles. The Morgan fingerprint density at radius 1 is 1.08 bits per heavy atom. The van der Waals surface area contributed by atoms with E-state index in [-0.39, 0.29) is 30.2 Å². The van der Waals surface area contributed by atoms with Gasteiger partial charge in [0.05, 0.1) is 19.2 Å². The molecule has 132 valence electrons. The summed E-state index contributed by atoms with van der Waals surface area (Å²) >= 11 is 0. The van der Waals surface area contributed by atoms with Crippen LogP contribution in [0.4, 0.5) is 4.39 Å². The van der Waals surface area contributed by atoms with Crippen molar-refractivity contribution >= 4 is 11.8 Å². The first-order chi connectivity index (χ1) is 12.0. The van der Waals surface area contributed by atoms with Crippen LogP contribution in [-0.2, 0) is 4.79 Å². The van der Waals surface area contributed by atoms with Gasteiger partial charge in [0.1, 0.15) is 11.6 Å². The highest BCUT2D eigenvalue weighted by atomic mass is 19.1. The van der Waals surface area contributed by atoms with Crippen LogP contribution in [0.3, 0.4) is 0 Å². The average molecular weight is 344 g/mol. The van der Waals surface area contributed by atoms with Crippen molar-refractivity contribution in [2.75, 3.05) is 13.2 Å². The molecule has 0 spiro atoms. The number of hydrogen-bond acceptors (Lipinski definition) is 3. The third kappa shape index (κ3) is 5.60. The maximum atomic E-state index is 12.9. The molecule has 0 saturated heterocycles. The van der Waals surface area contributed by atoms with Crippen LogP contribution in [0, 0.1) is 5.82 Å². The third-order valence-corrected chi connectivity index (χ3v) is 3.58. The van der Waals surface area contributed by atoms with Crippen LogP contribution in [0.15, 0.2) is 48.5 Å². The third-order valence-electron chi connectivity index (χ3n) is 3.58. The van der Waals surface area contributed by atoms with Crippen LogP contribution in [-0.4, -0.2) is 25.0 Å². The molecule has 25 heavy (non-hydrogen) atoms. The van der Waals surface area contributed by atoms with E-state index in [1.165, 1.54) is 12.1 Å². The zero-order valence-corrected chi connectivity index (χ0v) is 14.2. The highest BCUT2D eigenvalue weighted by Gasteiger charge is 2.12. The number of amides is 2. The van der Waals surface area contributed by atoms with Crippen molar-refractivity contribution in [2.45, 2.75) is 19.9 Å². The highest BCUT2D eigenvalue weighted by molar-refractivity contribution is 5.96. The molecule has 6 heteroatoms. The van der Waals surface area contributed by atoms with E-state index in [2.05, 4.69) is 10.6 Å². The van der Waals surface area contributed by atoms with Crippen molar-refractivity contribution in [3.8, 4) is 5.75 Å². The largest absolute Gasteiger partial charge is 0.494 e. The van der Waals surface area contributed by atoms with E-state index < -0.39 is 0 Å². The van der Waals surface area contributed by atoms with E-state index in [9.17, 15) is 14.0 Å². The van der Waals surface area contributed by atoms with Gasteiger partial charge in [-0.1, -0.05) is 12.1 Å². The van der Waals surface area contributed by atoms with Crippen LogP contribution in [0.2, 0.25) is 0 Å². The summed E-state index contributed by atoms with van der Waals surface area (Å²) in [5.74, 6) is -0.307. The number of carbonyl (C=O) groups excluding carboxylic acids is 2. The molecule has 2 aromatic carbocycles. The van der Waals surface area contributed by atoms with Gasteiger partial charge in [0.15, 0.2) is 0 Å². The van der Waals surface area contributed by atoms with Gasteiger partial charge in [-0.05, 0) is 55.8 Å². The Morgan fingerprint density at radius 3 is 2.32 bits per heavy atom. The molecule has 1 atom stereocenters. The summed E-state index contributed by atoms with van der Waals surface area (Å²) in [6, 6.07) is 12.3. The fraction of sp³-hybridized carbons (Fsp3) is 0.263. The first-order valence-corrected chi connectivity index (χ1v) is 8.05. The first kappa shape index (κ1) is 18.4. The Kier molecular flexibility index (Phi) is 6.51. The lowest BCUT2D eigenvalue weighted by Gasteiger charge is -2.14. The highest BCUT2D eigenvalue weighted by Crippen LogP contribution is 2.13. The van der Waals surface area contributed by atoms with Gasteiger partial charge in [-0.3, -0.25) is 9.59 Å². The standard InChI is InChI=1S/C19H21FN2O3/c1-3-25-17-10-6-15(7-11-17)19(24)21-12-18(23)22-13(2)14-4-8-16(20)9-5-14/h4-11,13H,3,12H2,1-2H3,(H,21,24)(H,22,23). The summed E-state index contributed by atoms with van der Waals surface area (Å²) in [6.07, 6.45) is 0. The van der Waals surface area contributed by atoms with Gasteiger partial charge >= 0.3 is 0 Å². The second-order valence-electron chi connectivity index (χ2n) is 5.48. The second kappa shape index (κ2) is 8.82. The summed E-state index contributed by atoms with van der Waals surface area (Å²) in [5, 5.41) is 5.32. The van der Waals surface area contributed by atoms with E-state index in [1.54, 1.807) is 43.3 Å². The maximum absolute atomic E-state index is 12.9. The molecule has 5 nitrogen and oxygen atoms in total. The molecule has 0 aliphatic carbocycles. The van der Waals surface area contributed by atoms with Crippen molar-refractivity contribution < 1.29 is 18.7 Å². The second-order valence-corrected chi connectivity index (χ2v) is 5.48. The van der Waals surface area contributed by atoms with E-state index >= 15 is 0 Å². The van der Waals surface area contributed by atoms with E-state index in [0.29, 0.717) is 17.9 Å². The van der Waals surface area contributed by atoms with Crippen molar-refractivity contribution in [1.29, 1.82) is 0 Å². The van der Waals surface area contributed by atoms with Gasteiger partial charge in [-0.2, -0.15) is 0 Å². The zero-order chi connectivity index (χ0) is 18.2. The number of carbonyl (C=O) groups is 2. The van der Waals surface area contributed by atoms with Crippen LogP contribution < -0.4 is 15.4 Å². The lowest BCUT2D eigenvalue weighted by molar-refractivity contribution is -0.120. The zero-order valence-electron chi connectivity index (χ0n) is 14.2. The molecule has 0 radical (unpaired) electrons. The summed E-state index contributed by atoms with van der Waals surface area (Å²) in [4.78, 5) is 24.0. The quantitative estimate of drug-likeness (QED) is 0.812. The van der Waals surface area contributed by atoms with Crippen molar-refractivity contribution in [3.05, 3.63) is 65.5 Å². The Labute approximate surface area is 146 Å². The van der Waals surface area contributed by atoms with Gasteiger partial charge in [0.2, 0.25) is 5.91 Å². The minimum atomic E-state index is -0.340. The van der Waals surface area contributed by atoms with E-state index in [0.717, 1.165) is 5.56 Å². The van der Waals surface area contributed by atoms with Crippen LogP contribution in [0.5, 0.6) is 5.75 Å². The Bertz CT molecular complexity index is 714. The molecule has 0 bridgehead atoms. The van der Waals surface area contributed by atoms with Gasteiger partial charge in [0, 0.05) is 5.56 Å². The number of halogens is 1. The van der Waals surface area contributed by atoms with Gasteiger partial charge in [-0.15, -0.1) is 0 Å². The predicted octanol–water partition coefficient (Wildman–Crippen LogP) is 2.83. The first-order valence-electron chi connectivity index (χ1n) is 8.05. The molecule has 1 unspecified atom stereocenters. The Balaban J connectivity index is 1.82. The van der Waals surface area contributed by atoms with Gasteiger partial charge in [-0.25, -0.2) is 4.39 Å². The summed E-state index contributed by atoms with van der Waals surface area (Å²) in [7, 11) is 0. The summed E-state index contributed by atoms with van der Waals surface area (Å²) in [5.41, 5.74) is 1.23. The smallest absolute Gasteiger partial charge is 0.251 e. The van der Waals surface area contributed by atoms with Crippen LogP contribution >= 0.6 is 0 Å². The molecule has 0 aromatic heterocycles. The molecule has 0 saturated carbocycles. The predicted molar refractivity (Wildman–Crippen MR) is 92.9 cm³/mol. The lowest BCUT2D eigenvalue weighted by atomic mass is 10.1. The van der Waals surface area contributed by atoms with Crippen molar-refractivity contribution in [3.63, 3.8) is 0 Å². The average Bonchev–Trinajstić information content (AvgIpc) is 2.61. The number of nitrogens with one attached hydrogen (secondary N) is 2. The Hall–Kier alpha value is -2.89. The number of ether oxygens (including phenoxy) is 1. The molecule has 2 rings (SSSR count). The topological polar surface area (TPSA) is 67.4 Å². The fourth-order valence-electron chi connectivity index (χ4n) is 2.26. The minimum absolute atomic E-state index is 0.141. The summed E-state index contributed by atoms with van der Waals surface area (Å²) in [6.45, 7) is 4.08.